The summed E-state index contributed by atoms with van der Waals surface area (Å²) in [6.45, 7) is 0.800. The van der Waals surface area contributed by atoms with Crippen LogP contribution in [-0.4, -0.2) is 22.6 Å². The van der Waals surface area contributed by atoms with Gasteiger partial charge < -0.3 is 16.4 Å². The Labute approximate surface area is 156 Å². The summed E-state index contributed by atoms with van der Waals surface area (Å²) in [6.07, 6.45) is 5.91. The van der Waals surface area contributed by atoms with Crippen LogP contribution in [0.5, 0.6) is 0 Å². The first-order chi connectivity index (χ1) is 12.1. The monoisotopic (exact) mass is 400 g/mol. The van der Waals surface area contributed by atoms with Crippen molar-refractivity contribution in [1.29, 1.82) is 5.26 Å². The first-order valence-electron chi connectivity index (χ1n) is 8.43. The van der Waals surface area contributed by atoms with E-state index in [0.29, 0.717) is 29.3 Å². The summed E-state index contributed by atoms with van der Waals surface area (Å²) in [7, 11) is 0. The molecule has 2 aromatic rings. The van der Waals surface area contributed by atoms with Crippen molar-refractivity contribution in [3.63, 3.8) is 0 Å². The zero-order valence-corrected chi connectivity index (χ0v) is 15.5. The molecule has 4 N–H and O–H groups in total. The first kappa shape index (κ1) is 17.6. The molecule has 0 unspecified atom stereocenters. The molecule has 1 aromatic carbocycles. The van der Waals surface area contributed by atoms with E-state index < -0.39 is 0 Å². The minimum absolute atomic E-state index is 0.339. The molecule has 1 aromatic heterocycles. The normalized spacial score (nSPS) is 19.9. The second-order valence-corrected chi connectivity index (χ2v) is 7.28. The number of hydrogen-bond acceptors (Lipinski definition) is 6. The third-order valence-corrected chi connectivity index (χ3v) is 4.93. The molecular weight excluding hydrogens is 380 g/mol. The highest BCUT2D eigenvalue weighted by atomic mass is 79.9. The molecule has 130 valence electrons. The minimum Gasteiger partial charge on any atom is -0.369 e. The number of halogens is 1. The maximum atomic E-state index is 9.29. The quantitative estimate of drug-likeness (QED) is 0.705. The van der Waals surface area contributed by atoms with Gasteiger partial charge in [-0.05, 0) is 49.8 Å². The zero-order valence-electron chi connectivity index (χ0n) is 13.9. The first-order valence-corrected chi connectivity index (χ1v) is 9.22. The molecule has 7 heteroatoms. The number of rotatable bonds is 5. The van der Waals surface area contributed by atoms with E-state index in [1.54, 1.807) is 6.20 Å². The van der Waals surface area contributed by atoms with Gasteiger partial charge in [0.2, 0.25) is 5.95 Å². The number of hydrogen-bond donors (Lipinski definition) is 3. The summed E-state index contributed by atoms with van der Waals surface area (Å²) in [5, 5.41) is 15.8. The Hall–Kier alpha value is -2.17. The molecule has 0 bridgehead atoms. The number of aromatic nitrogens is 2. The molecule has 0 atom stereocenters. The lowest BCUT2D eigenvalue weighted by atomic mass is 9.86. The van der Waals surface area contributed by atoms with Crippen molar-refractivity contribution in [3.05, 3.63) is 40.5 Å². The van der Waals surface area contributed by atoms with Gasteiger partial charge in [0.25, 0.3) is 0 Å². The molecule has 1 saturated carbocycles. The Kier molecular flexibility index (Phi) is 5.84. The van der Waals surface area contributed by atoms with Crippen LogP contribution in [-0.2, 0) is 0 Å². The van der Waals surface area contributed by atoms with Crippen LogP contribution in [0.15, 0.2) is 34.9 Å². The van der Waals surface area contributed by atoms with Crippen LogP contribution in [0.25, 0.3) is 0 Å². The summed E-state index contributed by atoms with van der Waals surface area (Å²) < 4.78 is 0.972. The molecule has 0 amide bonds. The smallest absolute Gasteiger partial charge is 0.229 e. The van der Waals surface area contributed by atoms with Crippen molar-refractivity contribution in [3.8, 4) is 6.07 Å². The fraction of sp³-hybridized carbons (Fsp3) is 0.389. The summed E-state index contributed by atoms with van der Waals surface area (Å²) in [5.41, 5.74) is 7.29. The molecule has 0 radical (unpaired) electrons. The van der Waals surface area contributed by atoms with Crippen LogP contribution < -0.4 is 16.4 Å². The third-order valence-electron chi connectivity index (χ3n) is 4.44. The second kappa shape index (κ2) is 8.28. The van der Waals surface area contributed by atoms with Crippen molar-refractivity contribution in [2.75, 3.05) is 17.2 Å². The predicted molar refractivity (Wildman–Crippen MR) is 103 cm³/mol. The number of nitrogens with one attached hydrogen (secondary N) is 2. The van der Waals surface area contributed by atoms with Crippen molar-refractivity contribution < 1.29 is 0 Å². The largest absolute Gasteiger partial charge is 0.369 e. The van der Waals surface area contributed by atoms with Gasteiger partial charge in [0.05, 0.1) is 6.20 Å². The number of anilines is 3. The SMILES string of the molecule is N#Cc1cnc(Nc2cccc(Br)c2)nc1NCC1CCC(N)CC1. The van der Waals surface area contributed by atoms with Gasteiger partial charge in [-0.15, -0.1) is 0 Å². The minimum atomic E-state index is 0.339. The van der Waals surface area contributed by atoms with Crippen LogP contribution in [0.2, 0.25) is 0 Å². The van der Waals surface area contributed by atoms with E-state index >= 15 is 0 Å². The summed E-state index contributed by atoms with van der Waals surface area (Å²) in [5.74, 6) is 1.61. The molecule has 1 fully saturated rings. The van der Waals surface area contributed by atoms with Gasteiger partial charge >= 0.3 is 0 Å². The summed E-state index contributed by atoms with van der Waals surface area (Å²) in [6, 6.07) is 10.3. The van der Waals surface area contributed by atoms with E-state index in [2.05, 4.69) is 42.6 Å². The molecule has 1 aliphatic carbocycles. The Balaban J connectivity index is 1.68. The maximum Gasteiger partial charge on any atom is 0.229 e. The fourth-order valence-electron chi connectivity index (χ4n) is 2.99. The third kappa shape index (κ3) is 4.91. The van der Waals surface area contributed by atoms with Crippen molar-refractivity contribution in [1.82, 2.24) is 9.97 Å². The Morgan fingerprint density at radius 1 is 1.28 bits per heavy atom. The molecule has 0 spiro atoms. The average Bonchev–Trinajstić information content (AvgIpc) is 2.61. The molecule has 3 rings (SSSR count). The van der Waals surface area contributed by atoms with Gasteiger partial charge in [-0.25, -0.2) is 4.98 Å². The van der Waals surface area contributed by atoms with Gasteiger partial charge in [0.1, 0.15) is 17.5 Å². The lowest BCUT2D eigenvalue weighted by molar-refractivity contribution is 0.338. The van der Waals surface area contributed by atoms with E-state index in [4.69, 9.17) is 5.73 Å². The van der Waals surface area contributed by atoms with E-state index in [1.807, 2.05) is 24.3 Å². The molecular formula is C18H21BrN6. The Morgan fingerprint density at radius 3 is 2.80 bits per heavy atom. The van der Waals surface area contributed by atoms with Gasteiger partial charge in [-0.1, -0.05) is 22.0 Å². The summed E-state index contributed by atoms with van der Waals surface area (Å²) in [4.78, 5) is 8.70. The van der Waals surface area contributed by atoms with E-state index in [0.717, 1.165) is 42.4 Å². The molecule has 1 heterocycles. The van der Waals surface area contributed by atoms with Crippen LogP contribution in [0.4, 0.5) is 17.5 Å². The lowest BCUT2D eigenvalue weighted by Crippen LogP contribution is -2.29. The number of benzene rings is 1. The predicted octanol–water partition coefficient (Wildman–Crippen LogP) is 3.78. The zero-order chi connectivity index (χ0) is 17.6. The Bertz CT molecular complexity index is 764. The highest BCUT2D eigenvalue weighted by Crippen LogP contribution is 2.24. The molecule has 6 nitrogen and oxygen atoms in total. The van der Waals surface area contributed by atoms with Crippen molar-refractivity contribution in [2.45, 2.75) is 31.7 Å². The fourth-order valence-corrected chi connectivity index (χ4v) is 3.39. The number of nitrogens with zero attached hydrogens (tertiary/aromatic N) is 3. The van der Waals surface area contributed by atoms with Crippen LogP contribution in [0.1, 0.15) is 31.2 Å². The number of nitriles is 1. The molecule has 25 heavy (non-hydrogen) atoms. The van der Waals surface area contributed by atoms with Crippen LogP contribution >= 0.6 is 15.9 Å². The van der Waals surface area contributed by atoms with E-state index in [9.17, 15) is 5.26 Å². The molecule has 0 aliphatic heterocycles. The van der Waals surface area contributed by atoms with Gasteiger partial charge in [-0.2, -0.15) is 10.2 Å². The maximum absolute atomic E-state index is 9.29. The van der Waals surface area contributed by atoms with Gasteiger partial charge in [-0.3, -0.25) is 0 Å². The van der Waals surface area contributed by atoms with Crippen LogP contribution in [0, 0.1) is 17.2 Å². The average molecular weight is 401 g/mol. The number of nitrogens with two attached hydrogens (primary N) is 1. The molecule has 1 aliphatic rings. The van der Waals surface area contributed by atoms with Crippen molar-refractivity contribution in [2.24, 2.45) is 11.7 Å². The topological polar surface area (TPSA) is 99.6 Å². The van der Waals surface area contributed by atoms with Crippen molar-refractivity contribution >= 4 is 33.4 Å². The van der Waals surface area contributed by atoms with E-state index in [1.165, 1.54) is 0 Å². The second-order valence-electron chi connectivity index (χ2n) is 6.36. The summed E-state index contributed by atoms with van der Waals surface area (Å²) >= 11 is 3.44. The van der Waals surface area contributed by atoms with Gasteiger partial charge in [0, 0.05) is 22.7 Å². The van der Waals surface area contributed by atoms with E-state index in [-0.39, 0.29) is 0 Å². The van der Waals surface area contributed by atoms with Crippen LogP contribution in [0.3, 0.4) is 0 Å². The molecule has 0 saturated heterocycles. The highest BCUT2D eigenvalue weighted by molar-refractivity contribution is 9.10. The highest BCUT2D eigenvalue weighted by Gasteiger charge is 2.19. The lowest BCUT2D eigenvalue weighted by Gasteiger charge is -2.26. The standard InChI is InChI=1S/C18H21BrN6/c19-14-2-1-3-16(8-14)24-18-23-11-13(9-20)17(25-18)22-10-12-4-6-15(21)7-5-12/h1-3,8,11-12,15H,4-7,10,21H2,(H2,22,23,24,25). The Morgan fingerprint density at radius 2 is 2.08 bits per heavy atom. The van der Waals surface area contributed by atoms with Gasteiger partial charge in [0.15, 0.2) is 0 Å².